The second kappa shape index (κ2) is 10.5. The topological polar surface area (TPSA) is 114 Å². The number of aryl methyl sites for hydroxylation is 2. The van der Waals surface area contributed by atoms with Crippen molar-refractivity contribution in [1.29, 1.82) is 0 Å². The first-order valence-electron chi connectivity index (χ1n) is 10.1. The van der Waals surface area contributed by atoms with Crippen LogP contribution in [0.3, 0.4) is 0 Å². The molecule has 2 aromatic rings. The summed E-state index contributed by atoms with van der Waals surface area (Å²) in [5.41, 5.74) is 1.52. The van der Waals surface area contributed by atoms with Gasteiger partial charge in [0.1, 0.15) is 11.5 Å². The standard InChI is InChI=1S/C22H24ClNO8S/c1-10-19(11(2)32-24-10)15-6-7-16(23)17(8-15)31-22-21(30-14(5)27)20(29-13(4)26)18(9-33-22)28-12(3)25/h6-8,18,20-22H,9H2,1-5H3/t18-,20+,21-,22-/m1/s1. The van der Waals surface area contributed by atoms with Gasteiger partial charge in [-0.2, -0.15) is 0 Å². The van der Waals surface area contributed by atoms with Gasteiger partial charge in [0, 0.05) is 32.1 Å². The number of carbonyl (C=O) groups excluding carboxylic acids is 3. The van der Waals surface area contributed by atoms with E-state index in [0.717, 1.165) is 11.1 Å². The maximum atomic E-state index is 11.8. The van der Waals surface area contributed by atoms with Crippen LogP contribution < -0.4 is 4.74 Å². The number of carbonyl (C=O) groups is 3. The molecule has 11 heteroatoms. The van der Waals surface area contributed by atoms with Crippen molar-refractivity contribution in [3.05, 3.63) is 34.7 Å². The molecular formula is C22H24ClNO8S. The number of aromatic nitrogens is 1. The van der Waals surface area contributed by atoms with Crippen molar-refractivity contribution in [2.24, 2.45) is 0 Å². The van der Waals surface area contributed by atoms with Crippen LogP contribution in [-0.2, 0) is 28.6 Å². The Bertz CT molecular complexity index is 1040. The summed E-state index contributed by atoms with van der Waals surface area (Å²) in [6, 6.07) is 5.23. The zero-order chi connectivity index (χ0) is 24.3. The first kappa shape index (κ1) is 24.9. The quantitative estimate of drug-likeness (QED) is 0.430. The fourth-order valence-corrected chi connectivity index (χ4v) is 4.95. The van der Waals surface area contributed by atoms with E-state index < -0.39 is 41.7 Å². The van der Waals surface area contributed by atoms with E-state index in [1.165, 1.54) is 32.5 Å². The molecule has 178 valence electrons. The molecule has 1 saturated heterocycles. The predicted octanol–water partition coefficient (Wildman–Crippen LogP) is 3.86. The van der Waals surface area contributed by atoms with E-state index in [2.05, 4.69) is 5.16 Å². The molecule has 1 aliphatic heterocycles. The molecule has 0 spiro atoms. The van der Waals surface area contributed by atoms with Gasteiger partial charge >= 0.3 is 17.9 Å². The number of rotatable bonds is 6. The Morgan fingerprint density at radius 1 is 1.03 bits per heavy atom. The predicted molar refractivity (Wildman–Crippen MR) is 120 cm³/mol. The van der Waals surface area contributed by atoms with Crippen LogP contribution in [0.4, 0.5) is 0 Å². The number of hydrogen-bond donors (Lipinski definition) is 0. The summed E-state index contributed by atoms with van der Waals surface area (Å²) in [4.78, 5) is 35.1. The van der Waals surface area contributed by atoms with Gasteiger partial charge < -0.3 is 23.5 Å². The maximum absolute atomic E-state index is 11.8. The minimum Gasteiger partial charge on any atom is -0.474 e. The van der Waals surface area contributed by atoms with Crippen LogP contribution >= 0.6 is 23.4 Å². The van der Waals surface area contributed by atoms with Crippen LogP contribution in [0.15, 0.2) is 22.7 Å². The molecule has 1 fully saturated rings. The van der Waals surface area contributed by atoms with Crippen molar-refractivity contribution in [1.82, 2.24) is 5.16 Å². The molecule has 3 rings (SSSR count). The van der Waals surface area contributed by atoms with Crippen molar-refractivity contribution < 1.29 is 37.9 Å². The zero-order valence-electron chi connectivity index (χ0n) is 18.7. The first-order valence-corrected chi connectivity index (χ1v) is 11.5. The van der Waals surface area contributed by atoms with Crippen LogP contribution in [-0.4, -0.2) is 52.6 Å². The Balaban J connectivity index is 1.94. The van der Waals surface area contributed by atoms with E-state index in [0.29, 0.717) is 22.2 Å². The number of hydrogen-bond acceptors (Lipinski definition) is 10. The average molecular weight is 498 g/mol. The summed E-state index contributed by atoms with van der Waals surface area (Å²) in [5.74, 6) is -0.542. The normalized spacial score (nSPS) is 22.4. The van der Waals surface area contributed by atoms with E-state index in [-0.39, 0.29) is 5.75 Å². The Kier molecular flexibility index (Phi) is 7.91. The molecule has 0 N–H and O–H groups in total. The Morgan fingerprint density at radius 2 is 1.67 bits per heavy atom. The molecule has 0 radical (unpaired) electrons. The Hall–Kier alpha value is -2.72. The lowest BCUT2D eigenvalue weighted by molar-refractivity contribution is -0.186. The molecule has 4 atom stereocenters. The summed E-state index contributed by atoms with van der Waals surface area (Å²) >= 11 is 7.64. The van der Waals surface area contributed by atoms with Crippen LogP contribution in [0.1, 0.15) is 32.2 Å². The van der Waals surface area contributed by atoms with Gasteiger partial charge in [-0.25, -0.2) is 0 Å². The third-order valence-electron chi connectivity index (χ3n) is 4.80. The Morgan fingerprint density at radius 3 is 2.24 bits per heavy atom. The van der Waals surface area contributed by atoms with Gasteiger partial charge in [-0.05, 0) is 31.5 Å². The van der Waals surface area contributed by atoms with Crippen molar-refractivity contribution in [2.45, 2.75) is 58.4 Å². The summed E-state index contributed by atoms with van der Waals surface area (Å²) < 4.78 is 27.6. The van der Waals surface area contributed by atoms with E-state index >= 15 is 0 Å². The largest absolute Gasteiger partial charge is 0.474 e. The van der Waals surface area contributed by atoms with Crippen LogP contribution in [0.25, 0.3) is 11.1 Å². The van der Waals surface area contributed by atoms with E-state index in [1.807, 2.05) is 13.0 Å². The number of ether oxygens (including phenoxy) is 4. The highest BCUT2D eigenvalue weighted by molar-refractivity contribution is 7.99. The number of halogens is 1. The molecule has 1 aliphatic rings. The fourth-order valence-electron chi connectivity index (χ4n) is 3.58. The smallest absolute Gasteiger partial charge is 0.303 e. The molecule has 1 aromatic carbocycles. The van der Waals surface area contributed by atoms with Gasteiger partial charge in [-0.3, -0.25) is 14.4 Å². The summed E-state index contributed by atoms with van der Waals surface area (Å²) in [6.45, 7) is 7.33. The highest BCUT2D eigenvalue weighted by Crippen LogP contribution is 2.38. The average Bonchev–Trinajstić information content (AvgIpc) is 3.05. The van der Waals surface area contributed by atoms with Crippen molar-refractivity contribution in [3.63, 3.8) is 0 Å². The minimum absolute atomic E-state index is 0.251. The van der Waals surface area contributed by atoms with Crippen LogP contribution in [0.2, 0.25) is 5.02 Å². The van der Waals surface area contributed by atoms with Crippen LogP contribution in [0.5, 0.6) is 5.75 Å². The number of esters is 3. The molecule has 33 heavy (non-hydrogen) atoms. The van der Waals surface area contributed by atoms with Crippen molar-refractivity contribution >= 4 is 41.3 Å². The molecule has 0 saturated carbocycles. The van der Waals surface area contributed by atoms with E-state index in [4.69, 9.17) is 35.1 Å². The van der Waals surface area contributed by atoms with Crippen LogP contribution in [0, 0.1) is 13.8 Å². The van der Waals surface area contributed by atoms with E-state index in [9.17, 15) is 14.4 Å². The van der Waals surface area contributed by atoms with Crippen molar-refractivity contribution in [2.75, 3.05) is 5.75 Å². The monoisotopic (exact) mass is 497 g/mol. The van der Waals surface area contributed by atoms with Gasteiger partial charge in [0.25, 0.3) is 0 Å². The van der Waals surface area contributed by atoms with Gasteiger partial charge in [0.15, 0.2) is 23.7 Å². The molecule has 0 amide bonds. The SMILES string of the molecule is CC(=O)O[C@@H]1[C@@H](OC(C)=O)[C@H](OC(C)=O)CS[C@H]1Oc1cc(-c2c(C)noc2C)ccc1Cl. The second-order valence-electron chi connectivity index (χ2n) is 7.46. The lowest BCUT2D eigenvalue weighted by Gasteiger charge is -2.40. The number of benzene rings is 1. The third-order valence-corrected chi connectivity index (χ3v) is 6.33. The summed E-state index contributed by atoms with van der Waals surface area (Å²) in [6.07, 6.45) is -2.91. The van der Waals surface area contributed by atoms with E-state index in [1.54, 1.807) is 19.1 Å². The summed E-state index contributed by atoms with van der Waals surface area (Å²) in [7, 11) is 0. The highest BCUT2D eigenvalue weighted by atomic mass is 35.5. The minimum atomic E-state index is -1.05. The zero-order valence-corrected chi connectivity index (χ0v) is 20.3. The maximum Gasteiger partial charge on any atom is 0.303 e. The molecule has 0 unspecified atom stereocenters. The molecular weight excluding hydrogens is 474 g/mol. The molecule has 1 aromatic heterocycles. The molecule has 0 bridgehead atoms. The number of nitrogens with zero attached hydrogens (tertiary/aromatic N) is 1. The van der Waals surface area contributed by atoms with Gasteiger partial charge in [-0.15, -0.1) is 11.8 Å². The first-order chi connectivity index (χ1) is 15.6. The molecule has 2 heterocycles. The summed E-state index contributed by atoms with van der Waals surface area (Å²) in [5, 5.41) is 4.31. The third kappa shape index (κ3) is 6.00. The second-order valence-corrected chi connectivity index (χ2v) is 9.00. The Labute approximate surface area is 200 Å². The fraction of sp³-hybridized carbons (Fsp3) is 0.455. The number of thioether (sulfide) groups is 1. The van der Waals surface area contributed by atoms with Gasteiger partial charge in [0.05, 0.1) is 10.7 Å². The van der Waals surface area contributed by atoms with Gasteiger partial charge in [-0.1, -0.05) is 22.8 Å². The highest BCUT2D eigenvalue weighted by Gasteiger charge is 2.47. The van der Waals surface area contributed by atoms with Gasteiger partial charge in [0.2, 0.25) is 0 Å². The lowest BCUT2D eigenvalue weighted by Crippen LogP contribution is -2.55. The van der Waals surface area contributed by atoms with Crippen molar-refractivity contribution in [3.8, 4) is 16.9 Å². The molecule has 0 aliphatic carbocycles. The lowest BCUT2D eigenvalue weighted by atomic mass is 10.0. The molecule has 9 nitrogen and oxygen atoms in total.